The van der Waals surface area contributed by atoms with Gasteiger partial charge in [-0.1, -0.05) is 35.9 Å². The van der Waals surface area contributed by atoms with Gasteiger partial charge in [-0.15, -0.1) is 0 Å². The number of furan rings is 1. The number of thioether (sulfide) groups is 1. The van der Waals surface area contributed by atoms with Crippen molar-refractivity contribution in [3.63, 3.8) is 0 Å². The largest absolute Gasteiger partial charge is 0.468 e. The van der Waals surface area contributed by atoms with E-state index in [1.165, 1.54) is 18.2 Å². The molecule has 9 heteroatoms. The second kappa shape index (κ2) is 11.3. The minimum absolute atomic E-state index is 0.108. The van der Waals surface area contributed by atoms with Gasteiger partial charge in [-0.25, -0.2) is 8.42 Å². The van der Waals surface area contributed by atoms with Crippen molar-refractivity contribution >= 4 is 45.0 Å². The lowest BCUT2D eigenvalue weighted by atomic mass is 10.3. The van der Waals surface area contributed by atoms with Crippen LogP contribution in [0.2, 0.25) is 5.02 Å². The van der Waals surface area contributed by atoms with Crippen LogP contribution in [0.15, 0.2) is 82.3 Å². The summed E-state index contributed by atoms with van der Waals surface area (Å²) >= 11 is 7.77. The topological polar surface area (TPSA) is 79.6 Å². The molecular weight excluding hydrogens is 456 g/mol. The first-order chi connectivity index (χ1) is 15.0. The Labute approximate surface area is 191 Å². The number of carbonyl (C=O) groups is 1. The molecule has 0 saturated heterocycles. The van der Waals surface area contributed by atoms with Crippen LogP contribution in [0.4, 0.5) is 5.69 Å². The molecule has 6 nitrogen and oxygen atoms in total. The first-order valence-electron chi connectivity index (χ1n) is 9.67. The summed E-state index contributed by atoms with van der Waals surface area (Å²) in [7, 11) is -3.93. The van der Waals surface area contributed by atoms with E-state index in [1.807, 2.05) is 12.1 Å². The fourth-order valence-corrected chi connectivity index (χ4v) is 5.30. The van der Waals surface area contributed by atoms with Crippen molar-refractivity contribution in [2.75, 3.05) is 23.1 Å². The predicted octanol–water partition coefficient (Wildman–Crippen LogP) is 4.57. The van der Waals surface area contributed by atoms with E-state index in [9.17, 15) is 13.2 Å². The summed E-state index contributed by atoms with van der Waals surface area (Å²) in [6, 6.07) is 18.2. The Bertz CT molecular complexity index is 1070. The average Bonchev–Trinajstić information content (AvgIpc) is 3.28. The lowest BCUT2D eigenvalue weighted by Crippen LogP contribution is -2.41. The standard InChI is InChI=1S/C22H23ClN2O4S2/c23-18-7-4-8-19(15-18)25(31(27,28)21-10-2-1-3-11-21)16-22(26)24-12-6-14-30-17-20-9-5-13-29-20/h1-5,7-11,13,15H,6,12,14,16-17H2,(H,24,26). The Morgan fingerprint density at radius 1 is 1.06 bits per heavy atom. The molecule has 0 bridgehead atoms. The molecule has 1 N–H and O–H groups in total. The van der Waals surface area contributed by atoms with Gasteiger partial charge in [0.05, 0.1) is 22.6 Å². The van der Waals surface area contributed by atoms with Gasteiger partial charge >= 0.3 is 0 Å². The normalized spacial score (nSPS) is 11.3. The fourth-order valence-electron chi connectivity index (χ4n) is 2.82. The van der Waals surface area contributed by atoms with Gasteiger partial charge in [-0.3, -0.25) is 9.10 Å². The number of sulfonamides is 1. The van der Waals surface area contributed by atoms with Gasteiger partial charge in [0.25, 0.3) is 10.0 Å². The first-order valence-corrected chi connectivity index (χ1v) is 12.6. The molecular formula is C22H23ClN2O4S2. The quantitative estimate of drug-likeness (QED) is 0.408. The monoisotopic (exact) mass is 478 g/mol. The van der Waals surface area contributed by atoms with Crippen molar-refractivity contribution in [3.05, 3.63) is 83.8 Å². The lowest BCUT2D eigenvalue weighted by Gasteiger charge is -2.24. The molecule has 0 aliphatic heterocycles. The molecule has 164 valence electrons. The summed E-state index contributed by atoms with van der Waals surface area (Å²) in [4.78, 5) is 12.6. The van der Waals surface area contributed by atoms with Gasteiger partial charge < -0.3 is 9.73 Å². The molecule has 0 aliphatic carbocycles. The molecule has 1 aromatic heterocycles. The molecule has 3 aromatic rings. The summed E-state index contributed by atoms with van der Waals surface area (Å²) in [6.07, 6.45) is 2.41. The number of carbonyl (C=O) groups excluding carboxylic acids is 1. The summed E-state index contributed by atoms with van der Waals surface area (Å²) < 4.78 is 32.8. The smallest absolute Gasteiger partial charge is 0.264 e. The highest BCUT2D eigenvalue weighted by Gasteiger charge is 2.27. The minimum Gasteiger partial charge on any atom is -0.468 e. The Morgan fingerprint density at radius 3 is 2.58 bits per heavy atom. The molecule has 2 aromatic carbocycles. The number of nitrogens with zero attached hydrogens (tertiary/aromatic N) is 1. The summed E-state index contributed by atoms with van der Waals surface area (Å²) in [5.41, 5.74) is 0.334. The minimum atomic E-state index is -3.93. The highest BCUT2D eigenvalue weighted by Crippen LogP contribution is 2.25. The maximum atomic E-state index is 13.2. The van der Waals surface area contributed by atoms with Gasteiger partial charge in [0.2, 0.25) is 5.91 Å². The third-order valence-corrected chi connectivity index (χ3v) is 7.42. The Kier molecular flexibility index (Phi) is 8.45. The number of rotatable bonds is 11. The van der Waals surface area contributed by atoms with Crippen molar-refractivity contribution in [2.24, 2.45) is 0 Å². The predicted molar refractivity (Wildman–Crippen MR) is 125 cm³/mol. The molecule has 1 heterocycles. The average molecular weight is 479 g/mol. The second-order valence-corrected chi connectivity index (χ2v) is 10.0. The van der Waals surface area contributed by atoms with Crippen molar-refractivity contribution in [3.8, 4) is 0 Å². The van der Waals surface area contributed by atoms with Crippen LogP contribution in [0.5, 0.6) is 0 Å². The molecule has 0 saturated carbocycles. The maximum Gasteiger partial charge on any atom is 0.264 e. The van der Waals surface area contributed by atoms with Crippen molar-refractivity contribution < 1.29 is 17.6 Å². The summed E-state index contributed by atoms with van der Waals surface area (Å²) in [6.45, 7) is 0.121. The molecule has 0 unspecified atom stereocenters. The van der Waals surface area contributed by atoms with E-state index in [0.717, 1.165) is 28.0 Å². The molecule has 3 rings (SSSR count). The fraction of sp³-hybridized carbons (Fsp3) is 0.227. The van der Waals surface area contributed by atoms with Crippen LogP contribution in [0.25, 0.3) is 0 Å². The van der Waals surface area contributed by atoms with Crippen molar-refractivity contribution in [1.82, 2.24) is 5.32 Å². The summed E-state index contributed by atoms with van der Waals surface area (Å²) in [5, 5.41) is 3.19. The SMILES string of the molecule is O=C(CN(c1cccc(Cl)c1)S(=O)(=O)c1ccccc1)NCCCSCc1ccco1. The van der Waals surface area contributed by atoms with E-state index in [1.54, 1.807) is 54.4 Å². The van der Waals surface area contributed by atoms with Gasteiger partial charge in [0.1, 0.15) is 12.3 Å². The number of halogens is 1. The van der Waals surface area contributed by atoms with E-state index in [2.05, 4.69) is 5.32 Å². The van der Waals surface area contributed by atoms with Crippen LogP contribution in [-0.4, -0.2) is 33.2 Å². The Morgan fingerprint density at radius 2 is 1.87 bits per heavy atom. The zero-order valence-corrected chi connectivity index (χ0v) is 19.1. The van der Waals surface area contributed by atoms with Crippen LogP contribution < -0.4 is 9.62 Å². The van der Waals surface area contributed by atoms with Crippen LogP contribution in [0.1, 0.15) is 12.2 Å². The van der Waals surface area contributed by atoms with E-state index in [-0.39, 0.29) is 17.3 Å². The summed E-state index contributed by atoms with van der Waals surface area (Å²) in [5.74, 6) is 2.16. The molecule has 0 aliphatic rings. The molecule has 31 heavy (non-hydrogen) atoms. The van der Waals surface area contributed by atoms with Gasteiger partial charge in [0, 0.05) is 11.6 Å². The third-order valence-electron chi connectivity index (χ3n) is 4.33. The molecule has 0 spiro atoms. The van der Waals surface area contributed by atoms with E-state index in [4.69, 9.17) is 16.0 Å². The highest BCUT2D eigenvalue weighted by molar-refractivity contribution is 7.98. The van der Waals surface area contributed by atoms with Crippen LogP contribution in [-0.2, 0) is 20.6 Å². The maximum absolute atomic E-state index is 13.2. The number of hydrogen-bond donors (Lipinski definition) is 1. The second-order valence-electron chi connectivity index (χ2n) is 6.64. The van der Waals surface area contributed by atoms with Gasteiger partial charge in [-0.05, 0) is 54.6 Å². The number of hydrogen-bond acceptors (Lipinski definition) is 5. The lowest BCUT2D eigenvalue weighted by molar-refractivity contribution is -0.119. The van der Waals surface area contributed by atoms with Crippen molar-refractivity contribution in [2.45, 2.75) is 17.1 Å². The molecule has 0 atom stereocenters. The highest BCUT2D eigenvalue weighted by atomic mass is 35.5. The number of benzene rings is 2. The van der Waals surface area contributed by atoms with Crippen LogP contribution in [0, 0.1) is 0 Å². The zero-order valence-electron chi connectivity index (χ0n) is 16.7. The first kappa shape index (κ1) is 23.2. The number of amides is 1. The van der Waals surface area contributed by atoms with Crippen molar-refractivity contribution in [1.29, 1.82) is 0 Å². The Hall–Kier alpha value is -2.42. The van der Waals surface area contributed by atoms with Crippen LogP contribution in [0.3, 0.4) is 0 Å². The third kappa shape index (κ3) is 6.78. The Balaban J connectivity index is 1.60. The van der Waals surface area contributed by atoms with E-state index in [0.29, 0.717) is 17.3 Å². The van der Waals surface area contributed by atoms with Gasteiger partial charge in [0.15, 0.2) is 0 Å². The molecule has 1 amide bonds. The van der Waals surface area contributed by atoms with E-state index >= 15 is 0 Å². The van der Waals surface area contributed by atoms with Crippen LogP contribution >= 0.6 is 23.4 Å². The molecule has 0 radical (unpaired) electrons. The number of anilines is 1. The molecule has 0 fully saturated rings. The number of nitrogens with one attached hydrogen (secondary N) is 1. The zero-order chi connectivity index (χ0) is 22.1. The van der Waals surface area contributed by atoms with E-state index < -0.39 is 10.0 Å². The van der Waals surface area contributed by atoms with Gasteiger partial charge in [-0.2, -0.15) is 11.8 Å².